The van der Waals surface area contributed by atoms with Crippen LogP contribution in [-0.2, 0) is 9.53 Å². The summed E-state index contributed by atoms with van der Waals surface area (Å²) in [6.45, 7) is 4.53. The maximum atomic E-state index is 13.6. The van der Waals surface area contributed by atoms with Crippen LogP contribution in [0.15, 0.2) is 48.8 Å². The number of amides is 1. The SMILES string of the molecule is CCOc1cc2ncnc(Nc3ccc(F)c(Cl)c3)c2cc1NC(=O)C=CCN1C2CCC1COC2. The number of carbonyl (C=O) groups is 1. The molecule has 2 fully saturated rings. The Balaban J connectivity index is 1.36. The third-order valence-electron chi connectivity index (χ3n) is 6.45. The number of benzene rings is 2. The second kappa shape index (κ2) is 10.8. The molecular formula is C26H27ClFN5O3. The van der Waals surface area contributed by atoms with Crippen LogP contribution in [0.4, 0.5) is 21.6 Å². The molecule has 36 heavy (non-hydrogen) atoms. The summed E-state index contributed by atoms with van der Waals surface area (Å²) in [5.74, 6) is 0.232. The smallest absolute Gasteiger partial charge is 0.248 e. The number of aromatic nitrogens is 2. The summed E-state index contributed by atoms with van der Waals surface area (Å²) in [5, 5.41) is 6.73. The van der Waals surface area contributed by atoms with Crippen LogP contribution in [0.5, 0.6) is 5.75 Å². The molecule has 8 nitrogen and oxygen atoms in total. The fourth-order valence-electron chi connectivity index (χ4n) is 4.73. The Morgan fingerprint density at radius 3 is 2.81 bits per heavy atom. The molecule has 2 atom stereocenters. The number of hydrogen-bond donors (Lipinski definition) is 2. The first-order chi connectivity index (χ1) is 17.5. The molecule has 2 N–H and O–H groups in total. The molecular weight excluding hydrogens is 485 g/mol. The lowest BCUT2D eigenvalue weighted by Crippen LogP contribution is -2.45. The molecule has 0 saturated carbocycles. The molecule has 2 aliphatic heterocycles. The van der Waals surface area contributed by atoms with E-state index in [0.717, 1.165) is 26.1 Å². The van der Waals surface area contributed by atoms with Crippen LogP contribution < -0.4 is 15.4 Å². The van der Waals surface area contributed by atoms with Gasteiger partial charge in [0.05, 0.1) is 36.0 Å². The Bertz CT molecular complexity index is 1290. The van der Waals surface area contributed by atoms with Crippen LogP contribution in [0.3, 0.4) is 0 Å². The van der Waals surface area contributed by atoms with E-state index >= 15 is 0 Å². The molecule has 2 aliphatic rings. The van der Waals surface area contributed by atoms with E-state index < -0.39 is 5.82 Å². The van der Waals surface area contributed by atoms with Gasteiger partial charge in [0, 0.05) is 41.8 Å². The molecule has 10 heteroatoms. The van der Waals surface area contributed by atoms with Crippen molar-refractivity contribution in [1.82, 2.24) is 14.9 Å². The third kappa shape index (κ3) is 5.28. The van der Waals surface area contributed by atoms with E-state index in [9.17, 15) is 9.18 Å². The minimum atomic E-state index is -0.504. The summed E-state index contributed by atoms with van der Waals surface area (Å²) in [6, 6.07) is 8.72. The number of ether oxygens (including phenoxy) is 2. The molecule has 0 spiro atoms. The summed E-state index contributed by atoms with van der Waals surface area (Å²) in [6.07, 6.45) is 7.15. The van der Waals surface area contributed by atoms with Crippen molar-refractivity contribution in [2.75, 3.05) is 37.0 Å². The Kier molecular flexibility index (Phi) is 7.31. The quantitative estimate of drug-likeness (QED) is 0.415. The van der Waals surface area contributed by atoms with Crippen molar-refractivity contribution in [3.8, 4) is 5.75 Å². The molecule has 3 aromatic rings. The average molecular weight is 512 g/mol. The van der Waals surface area contributed by atoms with Crippen molar-refractivity contribution in [2.24, 2.45) is 0 Å². The van der Waals surface area contributed by atoms with Crippen LogP contribution in [0.25, 0.3) is 10.9 Å². The van der Waals surface area contributed by atoms with Crippen molar-refractivity contribution in [3.63, 3.8) is 0 Å². The zero-order chi connectivity index (χ0) is 25.1. The highest BCUT2D eigenvalue weighted by molar-refractivity contribution is 6.31. The zero-order valence-corrected chi connectivity index (χ0v) is 20.6. The topological polar surface area (TPSA) is 88.6 Å². The number of fused-ring (bicyclic) bond motifs is 3. The first-order valence-electron chi connectivity index (χ1n) is 12.0. The normalized spacial score (nSPS) is 19.6. The molecule has 5 rings (SSSR count). The monoisotopic (exact) mass is 511 g/mol. The van der Waals surface area contributed by atoms with Gasteiger partial charge < -0.3 is 20.1 Å². The maximum absolute atomic E-state index is 13.6. The van der Waals surface area contributed by atoms with E-state index in [1.54, 1.807) is 24.3 Å². The van der Waals surface area contributed by atoms with Gasteiger partial charge in [0.2, 0.25) is 5.91 Å². The van der Waals surface area contributed by atoms with Crippen LogP contribution in [-0.4, -0.2) is 59.2 Å². The molecule has 0 radical (unpaired) electrons. The number of carbonyl (C=O) groups excluding carboxylic acids is 1. The van der Waals surface area contributed by atoms with Crippen molar-refractivity contribution in [1.29, 1.82) is 0 Å². The first-order valence-corrected chi connectivity index (χ1v) is 12.3. The summed E-state index contributed by atoms with van der Waals surface area (Å²) >= 11 is 5.92. The number of rotatable bonds is 8. The number of nitrogens with zero attached hydrogens (tertiary/aromatic N) is 3. The minimum Gasteiger partial charge on any atom is -0.492 e. The lowest BCUT2D eigenvalue weighted by atomic mass is 10.1. The number of morpholine rings is 1. The number of hydrogen-bond acceptors (Lipinski definition) is 7. The maximum Gasteiger partial charge on any atom is 0.248 e. The average Bonchev–Trinajstić information content (AvgIpc) is 3.07. The standard InChI is InChI=1S/C26H27ClFN5O3/c1-2-36-24-12-22-19(26(30-15-29-22)31-16-5-8-21(28)20(27)10-16)11-23(24)32-25(34)4-3-9-33-17-6-7-18(33)14-35-13-17/h3-5,8,10-12,15,17-18H,2,6-7,9,13-14H2,1H3,(H,32,34)(H,29,30,31). The van der Waals surface area contributed by atoms with Crippen molar-refractivity contribution in [2.45, 2.75) is 31.8 Å². The first kappa shape index (κ1) is 24.4. The molecule has 3 heterocycles. The number of halogens is 2. The van der Waals surface area contributed by atoms with Gasteiger partial charge in [-0.25, -0.2) is 14.4 Å². The van der Waals surface area contributed by atoms with E-state index in [2.05, 4.69) is 25.5 Å². The predicted molar refractivity (Wildman–Crippen MR) is 138 cm³/mol. The molecule has 2 bridgehead atoms. The number of nitrogens with one attached hydrogen (secondary N) is 2. The van der Waals surface area contributed by atoms with E-state index in [4.69, 9.17) is 21.1 Å². The van der Waals surface area contributed by atoms with Crippen LogP contribution in [0, 0.1) is 5.82 Å². The van der Waals surface area contributed by atoms with Crippen molar-refractivity contribution < 1.29 is 18.7 Å². The van der Waals surface area contributed by atoms with Gasteiger partial charge in [0.25, 0.3) is 0 Å². The highest BCUT2D eigenvalue weighted by Gasteiger charge is 2.36. The second-order valence-electron chi connectivity index (χ2n) is 8.79. The van der Waals surface area contributed by atoms with Gasteiger partial charge in [-0.15, -0.1) is 0 Å². The van der Waals surface area contributed by atoms with Crippen molar-refractivity contribution in [3.05, 3.63) is 59.7 Å². The van der Waals surface area contributed by atoms with E-state index in [1.165, 1.54) is 18.5 Å². The summed E-state index contributed by atoms with van der Waals surface area (Å²) in [5.41, 5.74) is 1.70. The second-order valence-corrected chi connectivity index (χ2v) is 9.19. The van der Waals surface area contributed by atoms with Gasteiger partial charge in [0.1, 0.15) is 23.7 Å². The summed E-state index contributed by atoms with van der Waals surface area (Å²) in [7, 11) is 0. The third-order valence-corrected chi connectivity index (χ3v) is 6.74. The van der Waals surface area contributed by atoms with Crippen LogP contribution in [0.2, 0.25) is 5.02 Å². The Morgan fingerprint density at radius 1 is 1.25 bits per heavy atom. The molecule has 188 valence electrons. The Labute approximate surface area is 213 Å². The van der Waals surface area contributed by atoms with Crippen LogP contribution >= 0.6 is 11.6 Å². The van der Waals surface area contributed by atoms with Gasteiger partial charge in [-0.3, -0.25) is 9.69 Å². The largest absolute Gasteiger partial charge is 0.492 e. The minimum absolute atomic E-state index is 0.00168. The predicted octanol–water partition coefficient (Wildman–Crippen LogP) is 4.92. The summed E-state index contributed by atoms with van der Waals surface area (Å²) in [4.78, 5) is 23.9. The Hall–Kier alpha value is -3.27. The number of anilines is 3. The van der Waals surface area contributed by atoms with Crippen LogP contribution in [0.1, 0.15) is 19.8 Å². The molecule has 1 aromatic heterocycles. The molecule has 0 aliphatic carbocycles. The fraction of sp³-hybridized carbons (Fsp3) is 0.346. The van der Waals surface area contributed by atoms with Gasteiger partial charge in [-0.1, -0.05) is 17.7 Å². The van der Waals surface area contributed by atoms with E-state index in [-0.39, 0.29) is 10.9 Å². The lowest BCUT2D eigenvalue weighted by Gasteiger charge is -2.33. The Morgan fingerprint density at radius 2 is 2.06 bits per heavy atom. The lowest BCUT2D eigenvalue weighted by molar-refractivity contribution is -0.112. The van der Waals surface area contributed by atoms with Gasteiger partial charge in [-0.05, 0) is 44.0 Å². The summed E-state index contributed by atoms with van der Waals surface area (Å²) < 4.78 is 25.0. The zero-order valence-electron chi connectivity index (χ0n) is 19.8. The van der Waals surface area contributed by atoms with Gasteiger partial charge >= 0.3 is 0 Å². The van der Waals surface area contributed by atoms with Gasteiger partial charge in [-0.2, -0.15) is 0 Å². The van der Waals surface area contributed by atoms with Crippen molar-refractivity contribution >= 4 is 45.6 Å². The van der Waals surface area contributed by atoms with Gasteiger partial charge in [0.15, 0.2) is 0 Å². The van der Waals surface area contributed by atoms with E-state index in [1.807, 2.05) is 13.0 Å². The highest BCUT2D eigenvalue weighted by atomic mass is 35.5. The molecule has 2 saturated heterocycles. The molecule has 1 amide bonds. The highest BCUT2D eigenvalue weighted by Crippen LogP contribution is 2.34. The van der Waals surface area contributed by atoms with E-state index in [0.29, 0.717) is 59.1 Å². The molecule has 2 aromatic carbocycles. The fourth-order valence-corrected chi connectivity index (χ4v) is 4.91. The molecule has 2 unspecified atom stereocenters.